The molecule has 2 aromatic heterocycles. The van der Waals surface area contributed by atoms with Crippen molar-refractivity contribution in [2.45, 2.75) is 38.6 Å². The van der Waals surface area contributed by atoms with Gasteiger partial charge in [0.15, 0.2) is 5.65 Å². The predicted octanol–water partition coefficient (Wildman–Crippen LogP) is 4.21. The maximum atomic E-state index is 12.9. The molecule has 0 unspecified atom stereocenters. The zero-order valence-corrected chi connectivity index (χ0v) is 20.6. The molecule has 2 aromatic carbocycles. The Hall–Kier alpha value is -3.98. The molecule has 1 amide bonds. The highest BCUT2D eigenvalue weighted by Gasteiger charge is 2.24. The number of carbonyl (C=O) groups is 1. The largest absolute Gasteiger partial charge is 0.495 e. The maximum Gasteiger partial charge on any atom is 0.255 e. The Morgan fingerprint density at radius 1 is 1.17 bits per heavy atom. The average molecular weight is 486 g/mol. The Morgan fingerprint density at radius 3 is 2.67 bits per heavy atom. The Morgan fingerprint density at radius 2 is 1.94 bits per heavy atom. The highest BCUT2D eigenvalue weighted by atomic mass is 16.5. The number of hydrogen-bond acceptors (Lipinski definition) is 7. The third-order valence-corrected chi connectivity index (χ3v) is 6.65. The fourth-order valence-corrected chi connectivity index (χ4v) is 4.75. The molecule has 0 bridgehead atoms. The summed E-state index contributed by atoms with van der Waals surface area (Å²) in [6, 6.07) is 13.5. The molecule has 0 atom stereocenters. The lowest BCUT2D eigenvalue weighted by Crippen LogP contribution is -2.30. The molecule has 0 radical (unpaired) electrons. The van der Waals surface area contributed by atoms with Gasteiger partial charge in [-0.25, -0.2) is 14.6 Å². The fraction of sp³-hybridized carbons (Fsp3) is 0.333. The van der Waals surface area contributed by atoms with Crippen molar-refractivity contribution in [3.8, 4) is 17.0 Å². The molecular formula is C27H31N7O2. The highest BCUT2D eigenvalue weighted by Crippen LogP contribution is 2.37. The summed E-state index contributed by atoms with van der Waals surface area (Å²) in [5.41, 5.74) is 10.9. The van der Waals surface area contributed by atoms with Gasteiger partial charge in [-0.1, -0.05) is 31.5 Å². The number of benzene rings is 2. The Bertz CT molecular complexity index is 1380. The van der Waals surface area contributed by atoms with Crippen molar-refractivity contribution in [1.29, 1.82) is 0 Å². The van der Waals surface area contributed by atoms with Crippen LogP contribution < -0.4 is 21.1 Å². The molecule has 1 aliphatic heterocycles. The van der Waals surface area contributed by atoms with Crippen LogP contribution in [0, 0.1) is 0 Å². The van der Waals surface area contributed by atoms with E-state index in [1.807, 2.05) is 47.1 Å². The summed E-state index contributed by atoms with van der Waals surface area (Å²) < 4.78 is 7.62. The third-order valence-electron chi connectivity index (χ3n) is 6.65. The molecule has 0 aliphatic carbocycles. The van der Waals surface area contributed by atoms with Crippen molar-refractivity contribution in [3.05, 3.63) is 59.9 Å². The SMILES string of the molecule is CCCc1ccc(C(=O)Nc2ccc(-c3nn(C4CCNCC4)c4ncnc(N)c34)cc2OC)cc1. The lowest BCUT2D eigenvalue weighted by molar-refractivity contribution is 0.102. The van der Waals surface area contributed by atoms with Gasteiger partial charge in [0.2, 0.25) is 0 Å². The number of rotatable bonds is 7. The van der Waals surface area contributed by atoms with Crippen molar-refractivity contribution >= 4 is 28.4 Å². The van der Waals surface area contributed by atoms with Crippen molar-refractivity contribution in [2.75, 3.05) is 31.2 Å². The van der Waals surface area contributed by atoms with E-state index in [4.69, 9.17) is 15.6 Å². The maximum absolute atomic E-state index is 12.9. The molecule has 4 N–H and O–H groups in total. The van der Waals surface area contributed by atoms with E-state index in [1.54, 1.807) is 7.11 Å². The molecule has 1 saturated heterocycles. The number of hydrogen-bond donors (Lipinski definition) is 3. The van der Waals surface area contributed by atoms with E-state index >= 15 is 0 Å². The van der Waals surface area contributed by atoms with Crippen LogP contribution in [0.3, 0.4) is 0 Å². The molecule has 1 aliphatic rings. The fourth-order valence-electron chi connectivity index (χ4n) is 4.75. The standard InChI is InChI=1S/C27H31N7O2/c1-3-4-17-5-7-18(8-6-17)27(35)32-21-10-9-19(15-22(21)36-2)24-23-25(28)30-16-31-26(23)34(33-24)20-11-13-29-14-12-20/h5-10,15-16,20,29H,3-4,11-14H2,1-2H3,(H,32,35)(H2,28,30,31). The zero-order chi connectivity index (χ0) is 25.1. The van der Waals surface area contributed by atoms with Crippen LogP contribution in [0.15, 0.2) is 48.8 Å². The smallest absolute Gasteiger partial charge is 0.255 e. The molecule has 5 rings (SSSR count). The van der Waals surface area contributed by atoms with E-state index in [0.29, 0.717) is 28.5 Å². The first-order chi connectivity index (χ1) is 17.6. The van der Waals surface area contributed by atoms with Crippen molar-refractivity contribution < 1.29 is 9.53 Å². The van der Waals surface area contributed by atoms with Gasteiger partial charge in [0.05, 0.1) is 24.2 Å². The molecule has 9 heteroatoms. The highest BCUT2D eigenvalue weighted by molar-refractivity contribution is 6.05. The predicted molar refractivity (Wildman–Crippen MR) is 141 cm³/mol. The number of nitrogen functional groups attached to an aromatic ring is 1. The number of ether oxygens (including phenoxy) is 1. The number of nitrogens with zero attached hydrogens (tertiary/aromatic N) is 4. The second-order valence-corrected chi connectivity index (χ2v) is 9.05. The molecular weight excluding hydrogens is 454 g/mol. The van der Waals surface area contributed by atoms with Gasteiger partial charge in [0.25, 0.3) is 5.91 Å². The molecule has 186 valence electrons. The van der Waals surface area contributed by atoms with Crippen LogP contribution in [0.25, 0.3) is 22.3 Å². The van der Waals surface area contributed by atoms with Gasteiger partial charge >= 0.3 is 0 Å². The molecule has 0 spiro atoms. The van der Waals surface area contributed by atoms with Crippen LogP contribution in [0.2, 0.25) is 0 Å². The molecule has 3 heterocycles. The average Bonchev–Trinajstić information content (AvgIpc) is 3.31. The van der Waals surface area contributed by atoms with Crippen LogP contribution in [-0.4, -0.2) is 45.9 Å². The second-order valence-electron chi connectivity index (χ2n) is 9.05. The molecule has 0 saturated carbocycles. The summed E-state index contributed by atoms with van der Waals surface area (Å²) in [5.74, 6) is 0.726. The zero-order valence-electron chi connectivity index (χ0n) is 20.6. The minimum atomic E-state index is -0.192. The van der Waals surface area contributed by atoms with E-state index in [-0.39, 0.29) is 11.9 Å². The number of nitrogens with two attached hydrogens (primary N) is 1. The third kappa shape index (κ3) is 4.61. The van der Waals surface area contributed by atoms with Gasteiger partial charge in [-0.2, -0.15) is 5.10 Å². The van der Waals surface area contributed by atoms with Crippen LogP contribution >= 0.6 is 0 Å². The van der Waals surface area contributed by atoms with Crippen molar-refractivity contribution in [2.24, 2.45) is 0 Å². The first kappa shape index (κ1) is 23.7. The van der Waals surface area contributed by atoms with Gasteiger partial charge in [0.1, 0.15) is 23.6 Å². The minimum absolute atomic E-state index is 0.192. The van der Waals surface area contributed by atoms with Crippen LogP contribution in [0.5, 0.6) is 5.75 Å². The molecule has 36 heavy (non-hydrogen) atoms. The summed E-state index contributed by atoms with van der Waals surface area (Å²) >= 11 is 0. The van der Waals surface area contributed by atoms with Crippen LogP contribution in [0.1, 0.15) is 48.1 Å². The molecule has 9 nitrogen and oxygen atoms in total. The number of piperidine rings is 1. The molecule has 1 fully saturated rings. The number of fused-ring (bicyclic) bond motifs is 1. The lowest BCUT2D eigenvalue weighted by Gasteiger charge is -2.23. The quantitative estimate of drug-likeness (QED) is 0.359. The number of anilines is 2. The topological polar surface area (TPSA) is 120 Å². The summed E-state index contributed by atoms with van der Waals surface area (Å²) in [4.78, 5) is 21.6. The van der Waals surface area contributed by atoms with E-state index < -0.39 is 0 Å². The number of aryl methyl sites for hydroxylation is 1. The first-order valence-corrected chi connectivity index (χ1v) is 12.4. The summed E-state index contributed by atoms with van der Waals surface area (Å²) in [7, 11) is 1.58. The van der Waals surface area contributed by atoms with Gasteiger partial charge in [-0.15, -0.1) is 0 Å². The van der Waals surface area contributed by atoms with Gasteiger partial charge in [-0.3, -0.25) is 4.79 Å². The first-order valence-electron chi connectivity index (χ1n) is 12.4. The summed E-state index contributed by atoms with van der Waals surface area (Å²) in [5, 5.41) is 12.0. The monoisotopic (exact) mass is 485 g/mol. The van der Waals surface area contributed by atoms with Crippen molar-refractivity contribution in [3.63, 3.8) is 0 Å². The van der Waals surface area contributed by atoms with Gasteiger partial charge in [0, 0.05) is 11.1 Å². The number of methoxy groups -OCH3 is 1. The molecule has 4 aromatic rings. The Kier molecular flexibility index (Phi) is 6.81. The normalized spacial score (nSPS) is 14.2. The number of nitrogens with one attached hydrogen (secondary N) is 2. The Balaban J connectivity index is 1.47. The van der Waals surface area contributed by atoms with E-state index in [9.17, 15) is 4.79 Å². The summed E-state index contributed by atoms with van der Waals surface area (Å²) in [6.45, 7) is 4.01. The summed E-state index contributed by atoms with van der Waals surface area (Å²) in [6.07, 6.45) is 5.48. The van der Waals surface area contributed by atoms with Crippen LogP contribution in [-0.2, 0) is 6.42 Å². The number of carbonyl (C=O) groups excluding carboxylic acids is 1. The van der Waals surface area contributed by atoms with E-state index in [0.717, 1.165) is 55.4 Å². The van der Waals surface area contributed by atoms with Crippen molar-refractivity contribution in [1.82, 2.24) is 25.1 Å². The number of amides is 1. The Labute approximate surface area is 210 Å². The van der Waals surface area contributed by atoms with Crippen LogP contribution in [0.4, 0.5) is 11.5 Å². The second kappa shape index (κ2) is 10.3. The lowest BCUT2D eigenvalue weighted by atomic mass is 10.1. The van der Waals surface area contributed by atoms with E-state index in [1.165, 1.54) is 11.9 Å². The van der Waals surface area contributed by atoms with Gasteiger partial charge < -0.3 is 21.1 Å². The number of aromatic nitrogens is 4. The minimum Gasteiger partial charge on any atom is -0.495 e. The van der Waals surface area contributed by atoms with E-state index in [2.05, 4.69) is 27.5 Å². The van der Waals surface area contributed by atoms with Gasteiger partial charge in [-0.05, 0) is 62.2 Å².